The van der Waals surface area contributed by atoms with Crippen LogP contribution in [0, 0.1) is 11.7 Å². The summed E-state index contributed by atoms with van der Waals surface area (Å²) in [4.78, 5) is 13.0. The standard InChI is InChI=1S/C25H21Cl2FN2O4/c26-14-2-4-21-15(6-14)20(31)8-22(33-21)24(32)29-19-11-25(9-13(19)10-25)23-7-18(30-34-23)12-1-3-16(27)17(28)5-12/h1-7,13,19-20,22,31H,8-11H2,(H,29,32)/t13?,19?,20-,22+,25?/m1/s1. The Labute approximate surface area is 205 Å². The molecule has 3 saturated carbocycles. The quantitative estimate of drug-likeness (QED) is 0.511. The summed E-state index contributed by atoms with van der Waals surface area (Å²) in [6.07, 6.45) is 1.09. The predicted octanol–water partition coefficient (Wildman–Crippen LogP) is 5.21. The second-order valence-corrected chi connectivity index (χ2v) is 10.4. The molecular weight excluding hydrogens is 482 g/mol. The van der Waals surface area contributed by atoms with Gasteiger partial charge in [-0.25, -0.2) is 4.39 Å². The normalized spacial score (nSPS) is 29.2. The van der Waals surface area contributed by atoms with Crippen LogP contribution in [0.2, 0.25) is 10.0 Å². The van der Waals surface area contributed by atoms with Crippen LogP contribution in [-0.2, 0) is 10.2 Å². The lowest BCUT2D eigenvalue weighted by Crippen LogP contribution is -2.46. The highest BCUT2D eigenvalue weighted by molar-refractivity contribution is 6.31. The molecule has 2 heterocycles. The van der Waals surface area contributed by atoms with E-state index in [4.69, 9.17) is 32.5 Å². The van der Waals surface area contributed by atoms with Crippen LogP contribution in [0.25, 0.3) is 11.3 Å². The Hall–Kier alpha value is -2.61. The van der Waals surface area contributed by atoms with Crippen LogP contribution < -0.4 is 10.1 Å². The van der Waals surface area contributed by atoms with Gasteiger partial charge >= 0.3 is 0 Å². The second-order valence-electron chi connectivity index (χ2n) is 9.51. The minimum atomic E-state index is -0.813. The number of rotatable bonds is 4. The van der Waals surface area contributed by atoms with Crippen molar-refractivity contribution >= 4 is 29.1 Å². The summed E-state index contributed by atoms with van der Waals surface area (Å²) in [6.45, 7) is 0. The van der Waals surface area contributed by atoms with Gasteiger partial charge in [-0.1, -0.05) is 34.4 Å². The van der Waals surface area contributed by atoms with E-state index < -0.39 is 18.0 Å². The number of benzene rings is 2. The van der Waals surface area contributed by atoms with Gasteiger partial charge < -0.3 is 19.7 Å². The number of aliphatic hydroxyl groups is 1. The topological polar surface area (TPSA) is 84.6 Å². The fourth-order valence-electron chi connectivity index (χ4n) is 5.62. The second kappa shape index (κ2) is 7.97. The van der Waals surface area contributed by atoms with E-state index in [2.05, 4.69) is 10.5 Å². The Kier molecular flexibility index (Phi) is 5.13. The molecule has 1 unspecified atom stereocenters. The molecule has 1 amide bonds. The summed E-state index contributed by atoms with van der Waals surface area (Å²) in [7, 11) is 0. The highest BCUT2D eigenvalue weighted by atomic mass is 35.5. The van der Waals surface area contributed by atoms with Gasteiger partial charge in [-0.05, 0) is 55.5 Å². The van der Waals surface area contributed by atoms with Gasteiger partial charge in [0.05, 0.1) is 11.1 Å². The number of amides is 1. The average molecular weight is 503 g/mol. The average Bonchev–Trinajstić information content (AvgIpc) is 3.49. The number of hydrogen-bond acceptors (Lipinski definition) is 5. The molecule has 6 nitrogen and oxygen atoms in total. The van der Waals surface area contributed by atoms with Crippen molar-refractivity contribution in [3.8, 4) is 17.0 Å². The Morgan fingerprint density at radius 3 is 2.76 bits per heavy atom. The van der Waals surface area contributed by atoms with Crippen molar-refractivity contribution in [3.63, 3.8) is 0 Å². The summed E-state index contributed by atoms with van der Waals surface area (Å²) < 4.78 is 25.4. The molecule has 34 heavy (non-hydrogen) atoms. The third kappa shape index (κ3) is 3.58. The third-order valence-corrected chi connectivity index (χ3v) is 7.93. The van der Waals surface area contributed by atoms with Crippen LogP contribution in [0.15, 0.2) is 47.0 Å². The number of aliphatic hydroxyl groups excluding tert-OH is 1. The van der Waals surface area contributed by atoms with E-state index in [0.717, 1.165) is 25.0 Å². The van der Waals surface area contributed by atoms with Crippen molar-refractivity contribution in [1.82, 2.24) is 10.5 Å². The highest BCUT2D eigenvalue weighted by Crippen LogP contribution is 2.60. The number of fused-ring (bicyclic) bond motifs is 2. The lowest BCUT2D eigenvalue weighted by Gasteiger charge is -2.36. The molecule has 4 aliphatic rings. The Balaban J connectivity index is 1.13. The maximum atomic E-state index is 13.8. The molecule has 1 aliphatic heterocycles. The Morgan fingerprint density at radius 2 is 1.97 bits per heavy atom. The molecule has 0 saturated heterocycles. The first-order chi connectivity index (χ1) is 16.3. The van der Waals surface area contributed by atoms with Crippen LogP contribution in [-0.4, -0.2) is 28.3 Å². The predicted molar refractivity (Wildman–Crippen MR) is 123 cm³/mol. The molecule has 2 N–H and O–H groups in total. The molecular formula is C25H21Cl2FN2O4. The SMILES string of the molecule is O=C(NC1CC2(c3cc(-c4ccc(Cl)c(F)c4)no3)CC1C2)[C@@H]1C[C@@H](O)c2cc(Cl)ccc2O1. The van der Waals surface area contributed by atoms with Gasteiger partial charge in [0.15, 0.2) is 6.10 Å². The number of aromatic nitrogens is 1. The molecule has 3 atom stereocenters. The minimum absolute atomic E-state index is 0.0126. The zero-order chi connectivity index (χ0) is 23.6. The smallest absolute Gasteiger partial charge is 0.261 e. The van der Waals surface area contributed by atoms with Crippen LogP contribution in [0.1, 0.15) is 43.1 Å². The van der Waals surface area contributed by atoms with Gasteiger partial charge in [-0.3, -0.25) is 4.79 Å². The molecule has 2 aromatic carbocycles. The van der Waals surface area contributed by atoms with Crippen LogP contribution in [0.3, 0.4) is 0 Å². The first-order valence-corrected chi connectivity index (χ1v) is 11.9. The number of ether oxygens (including phenoxy) is 1. The van der Waals surface area contributed by atoms with E-state index in [9.17, 15) is 14.3 Å². The molecule has 3 aromatic rings. The maximum absolute atomic E-state index is 13.8. The molecule has 9 heteroatoms. The molecule has 3 aliphatic carbocycles. The number of carbonyl (C=O) groups excluding carboxylic acids is 1. The summed E-state index contributed by atoms with van der Waals surface area (Å²) >= 11 is 11.8. The number of hydrogen-bond donors (Lipinski definition) is 2. The molecule has 0 spiro atoms. The van der Waals surface area contributed by atoms with Crippen molar-refractivity contribution in [2.45, 2.75) is 49.3 Å². The summed E-state index contributed by atoms with van der Waals surface area (Å²) in [5.74, 6) is 0.826. The van der Waals surface area contributed by atoms with Gasteiger partial charge in [0.2, 0.25) is 0 Å². The van der Waals surface area contributed by atoms with Gasteiger partial charge in [-0.2, -0.15) is 0 Å². The van der Waals surface area contributed by atoms with Crippen molar-refractivity contribution < 1.29 is 23.6 Å². The fourth-order valence-corrected chi connectivity index (χ4v) is 5.92. The Bertz CT molecular complexity index is 1290. The molecule has 1 aromatic heterocycles. The number of carbonyl (C=O) groups is 1. The number of halogens is 3. The van der Waals surface area contributed by atoms with Crippen molar-refractivity contribution in [3.05, 3.63) is 69.7 Å². The number of nitrogens with zero attached hydrogens (tertiary/aromatic N) is 1. The van der Waals surface area contributed by atoms with E-state index in [-0.39, 0.29) is 28.8 Å². The fraction of sp³-hybridized carbons (Fsp3) is 0.360. The third-order valence-electron chi connectivity index (χ3n) is 7.39. The Morgan fingerprint density at radius 1 is 1.15 bits per heavy atom. The molecule has 176 valence electrons. The monoisotopic (exact) mass is 502 g/mol. The van der Waals surface area contributed by atoms with E-state index in [0.29, 0.717) is 33.5 Å². The molecule has 7 rings (SSSR count). The highest BCUT2D eigenvalue weighted by Gasteiger charge is 2.59. The van der Waals surface area contributed by atoms with Crippen LogP contribution in [0.5, 0.6) is 5.75 Å². The van der Waals surface area contributed by atoms with Gasteiger partial charge in [0.1, 0.15) is 23.0 Å². The first-order valence-electron chi connectivity index (χ1n) is 11.2. The van der Waals surface area contributed by atoms with Gasteiger partial charge in [-0.15, -0.1) is 0 Å². The van der Waals surface area contributed by atoms with Crippen molar-refractivity contribution in [2.24, 2.45) is 5.92 Å². The lowest BCUT2D eigenvalue weighted by molar-refractivity contribution is -0.131. The van der Waals surface area contributed by atoms with Gasteiger partial charge in [0.25, 0.3) is 5.91 Å². The number of nitrogens with one attached hydrogen (secondary N) is 1. The largest absolute Gasteiger partial charge is 0.480 e. The van der Waals surface area contributed by atoms with E-state index in [1.807, 2.05) is 6.07 Å². The molecule has 2 bridgehead atoms. The zero-order valence-electron chi connectivity index (χ0n) is 17.9. The van der Waals surface area contributed by atoms with Gasteiger partial charge in [0, 0.05) is 40.1 Å². The summed E-state index contributed by atoms with van der Waals surface area (Å²) in [6, 6.07) is 11.4. The maximum Gasteiger partial charge on any atom is 0.261 e. The van der Waals surface area contributed by atoms with Crippen LogP contribution >= 0.6 is 23.2 Å². The molecule has 0 radical (unpaired) electrons. The lowest BCUT2D eigenvalue weighted by atomic mass is 9.68. The van der Waals surface area contributed by atoms with Crippen LogP contribution in [0.4, 0.5) is 4.39 Å². The molecule has 3 fully saturated rings. The van der Waals surface area contributed by atoms with E-state index in [1.165, 1.54) is 12.1 Å². The minimum Gasteiger partial charge on any atom is -0.480 e. The van der Waals surface area contributed by atoms with Crippen molar-refractivity contribution in [2.75, 3.05) is 0 Å². The van der Waals surface area contributed by atoms with E-state index >= 15 is 0 Å². The first kappa shape index (κ1) is 21.9. The zero-order valence-corrected chi connectivity index (χ0v) is 19.4. The van der Waals surface area contributed by atoms with E-state index in [1.54, 1.807) is 24.3 Å². The van der Waals surface area contributed by atoms with Crippen molar-refractivity contribution in [1.29, 1.82) is 0 Å². The summed E-state index contributed by atoms with van der Waals surface area (Å²) in [5.41, 5.74) is 1.57. The summed E-state index contributed by atoms with van der Waals surface area (Å²) in [5, 5.41) is 18.3.